The van der Waals surface area contributed by atoms with Crippen LogP contribution >= 0.6 is 22.7 Å². The maximum atomic E-state index is 12.3. The van der Waals surface area contributed by atoms with E-state index in [1.54, 1.807) is 22.8 Å². The van der Waals surface area contributed by atoms with Gasteiger partial charge in [-0.25, -0.2) is 13.1 Å². The summed E-state index contributed by atoms with van der Waals surface area (Å²) >= 11 is 3.00. The summed E-state index contributed by atoms with van der Waals surface area (Å²) in [5.41, 5.74) is 5.33. The molecule has 3 N–H and O–H groups in total. The molecule has 0 amide bonds. The first-order valence-corrected chi connectivity index (χ1v) is 9.41. The van der Waals surface area contributed by atoms with Gasteiger partial charge in [0, 0.05) is 28.3 Å². The number of hydrogen-bond donors (Lipinski definition) is 2. The van der Waals surface area contributed by atoms with E-state index in [0.29, 0.717) is 16.3 Å². The van der Waals surface area contributed by atoms with Gasteiger partial charge in [-0.1, -0.05) is 19.9 Å². The van der Waals surface area contributed by atoms with Crippen LogP contribution < -0.4 is 10.5 Å². The largest absolute Gasteiger partial charge is 0.326 e. The Balaban J connectivity index is 2.14. The second-order valence-electron chi connectivity index (χ2n) is 5.10. The molecule has 2 heterocycles. The van der Waals surface area contributed by atoms with Gasteiger partial charge < -0.3 is 5.73 Å². The molecule has 0 aliphatic heterocycles. The zero-order valence-electron chi connectivity index (χ0n) is 11.4. The molecular weight excluding hydrogens is 312 g/mol. The van der Waals surface area contributed by atoms with Gasteiger partial charge in [0.1, 0.15) is 0 Å². The molecule has 20 heavy (non-hydrogen) atoms. The number of sulfonamides is 1. The van der Waals surface area contributed by atoms with E-state index in [2.05, 4.69) is 4.72 Å². The lowest BCUT2D eigenvalue weighted by Crippen LogP contribution is -2.36. The van der Waals surface area contributed by atoms with Crippen LogP contribution in [-0.2, 0) is 22.0 Å². The van der Waals surface area contributed by atoms with Gasteiger partial charge in [-0.3, -0.25) is 0 Å². The molecule has 0 saturated heterocycles. The van der Waals surface area contributed by atoms with E-state index in [9.17, 15) is 8.42 Å². The monoisotopic (exact) mass is 330 g/mol. The molecule has 0 radical (unpaired) electrons. The quantitative estimate of drug-likeness (QED) is 0.855. The first kappa shape index (κ1) is 15.7. The second-order valence-corrected chi connectivity index (χ2v) is 8.78. The summed E-state index contributed by atoms with van der Waals surface area (Å²) in [6, 6.07) is 5.60. The number of thiophene rings is 2. The number of nitrogens with two attached hydrogens (primary N) is 1. The van der Waals surface area contributed by atoms with Crippen LogP contribution in [0.15, 0.2) is 33.9 Å². The number of rotatable bonds is 6. The summed E-state index contributed by atoms with van der Waals surface area (Å²) in [7, 11) is -3.50. The molecule has 0 unspecified atom stereocenters. The smallest absolute Gasteiger partial charge is 0.241 e. The van der Waals surface area contributed by atoms with E-state index in [4.69, 9.17) is 5.73 Å². The summed E-state index contributed by atoms with van der Waals surface area (Å²) in [6.45, 7) is 4.65. The number of nitrogens with one attached hydrogen (secondary N) is 1. The minimum atomic E-state index is -3.50. The van der Waals surface area contributed by atoms with Crippen molar-refractivity contribution in [3.63, 3.8) is 0 Å². The van der Waals surface area contributed by atoms with Gasteiger partial charge in [0.15, 0.2) is 0 Å². The fraction of sp³-hybridized carbons (Fsp3) is 0.385. The van der Waals surface area contributed by atoms with Gasteiger partial charge in [0.05, 0.1) is 4.90 Å². The average Bonchev–Trinajstić information content (AvgIpc) is 3.07. The first-order valence-electron chi connectivity index (χ1n) is 6.17. The highest BCUT2D eigenvalue weighted by molar-refractivity contribution is 7.89. The van der Waals surface area contributed by atoms with Crippen LogP contribution in [0.2, 0.25) is 0 Å². The fourth-order valence-corrected chi connectivity index (χ4v) is 5.22. The summed E-state index contributed by atoms with van der Waals surface area (Å²) < 4.78 is 27.4. The minimum absolute atomic E-state index is 0.236. The van der Waals surface area contributed by atoms with E-state index in [1.807, 2.05) is 31.4 Å². The van der Waals surface area contributed by atoms with Crippen molar-refractivity contribution in [2.45, 2.75) is 30.7 Å². The molecule has 2 aromatic rings. The predicted octanol–water partition coefficient (Wildman–Crippen LogP) is 2.52. The SMILES string of the molecule is CC(C)(CNS(=O)(=O)c1ccsc1CN)c1cccs1. The molecule has 2 rings (SSSR count). The Morgan fingerprint density at radius 3 is 2.60 bits per heavy atom. The summed E-state index contributed by atoms with van der Waals surface area (Å²) in [5, 5.41) is 3.75. The van der Waals surface area contributed by atoms with Crippen LogP contribution in [0.3, 0.4) is 0 Å². The third-order valence-electron chi connectivity index (χ3n) is 3.07. The van der Waals surface area contributed by atoms with Gasteiger partial charge in [-0.2, -0.15) is 0 Å². The molecule has 2 aromatic heterocycles. The molecule has 0 spiro atoms. The van der Waals surface area contributed by atoms with Crippen LogP contribution in [0.25, 0.3) is 0 Å². The third-order valence-corrected chi connectivity index (χ3v) is 6.87. The Hall–Kier alpha value is -0.730. The number of hydrogen-bond acceptors (Lipinski definition) is 5. The van der Waals surface area contributed by atoms with E-state index < -0.39 is 10.0 Å². The molecule has 0 atom stereocenters. The van der Waals surface area contributed by atoms with Gasteiger partial charge >= 0.3 is 0 Å². The second kappa shape index (κ2) is 5.95. The molecule has 0 saturated carbocycles. The lowest BCUT2D eigenvalue weighted by atomic mass is 9.92. The van der Waals surface area contributed by atoms with Crippen LogP contribution in [-0.4, -0.2) is 15.0 Å². The zero-order valence-corrected chi connectivity index (χ0v) is 13.9. The molecule has 0 fully saturated rings. The van der Waals surface area contributed by atoms with Crippen LogP contribution in [0.1, 0.15) is 23.6 Å². The maximum absolute atomic E-state index is 12.3. The summed E-state index contributed by atoms with van der Waals surface area (Å²) in [4.78, 5) is 2.14. The van der Waals surface area contributed by atoms with Crippen LogP contribution in [0.4, 0.5) is 0 Å². The Morgan fingerprint density at radius 2 is 2.00 bits per heavy atom. The summed E-state index contributed by atoms with van der Waals surface area (Å²) in [6.07, 6.45) is 0. The van der Waals surface area contributed by atoms with Gasteiger partial charge in [0.25, 0.3) is 0 Å². The molecular formula is C13H18N2O2S3. The minimum Gasteiger partial charge on any atom is -0.326 e. The third kappa shape index (κ3) is 3.29. The zero-order chi connectivity index (χ0) is 14.8. The average molecular weight is 330 g/mol. The maximum Gasteiger partial charge on any atom is 0.241 e. The highest BCUT2D eigenvalue weighted by Gasteiger charge is 2.26. The van der Waals surface area contributed by atoms with Crippen molar-refractivity contribution in [3.8, 4) is 0 Å². The molecule has 4 nitrogen and oxygen atoms in total. The lowest BCUT2D eigenvalue weighted by Gasteiger charge is -2.23. The fourth-order valence-electron chi connectivity index (χ4n) is 1.82. The Bertz CT molecular complexity index is 658. The highest BCUT2D eigenvalue weighted by atomic mass is 32.2. The Morgan fingerprint density at radius 1 is 1.25 bits per heavy atom. The molecule has 0 aliphatic rings. The van der Waals surface area contributed by atoms with Gasteiger partial charge in [-0.05, 0) is 22.9 Å². The molecule has 0 aromatic carbocycles. The van der Waals surface area contributed by atoms with E-state index >= 15 is 0 Å². The van der Waals surface area contributed by atoms with Crippen molar-refractivity contribution in [2.24, 2.45) is 5.73 Å². The van der Waals surface area contributed by atoms with E-state index in [-0.39, 0.29) is 12.0 Å². The normalized spacial score (nSPS) is 12.8. The van der Waals surface area contributed by atoms with Crippen molar-refractivity contribution in [1.29, 1.82) is 0 Å². The van der Waals surface area contributed by atoms with Gasteiger partial charge in [-0.15, -0.1) is 22.7 Å². The van der Waals surface area contributed by atoms with E-state index in [0.717, 1.165) is 4.88 Å². The van der Waals surface area contributed by atoms with Crippen molar-refractivity contribution in [1.82, 2.24) is 4.72 Å². The van der Waals surface area contributed by atoms with Crippen LogP contribution in [0, 0.1) is 0 Å². The lowest BCUT2D eigenvalue weighted by molar-refractivity contribution is 0.509. The van der Waals surface area contributed by atoms with Gasteiger partial charge in [0.2, 0.25) is 10.0 Å². The van der Waals surface area contributed by atoms with Crippen molar-refractivity contribution < 1.29 is 8.42 Å². The van der Waals surface area contributed by atoms with E-state index in [1.165, 1.54) is 11.3 Å². The van der Waals surface area contributed by atoms with Crippen molar-refractivity contribution >= 4 is 32.7 Å². The predicted molar refractivity (Wildman–Crippen MR) is 84.7 cm³/mol. The molecule has 0 aliphatic carbocycles. The first-order chi connectivity index (χ1) is 9.37. The standard InChI is InChI=1S/C13H18N2O2S3/c1-13(2,12-4-3-6-19-12)9-15-20(16,17)11-5-7-18-10(11)8-14/h3-7,15H,8-9,14H2,1-2H3. The summed E-state index contributed by atoms with van der Waals surface area (Å²) in [5.74, 6) is 0. The molecule has 0 bridgehead atoms. The Labute approximate surface area is 127 Å². The van der Waals surface area contributed by atoms with Crippen molar-refractivity contribution in [3.05, 3.63) is 38.7 Å². The van der Waals surface area contributed by atoms with Crippen LogP contribution in [0.5, 0.6) is 0 Å². The Kier molecular flexibility index (Phi) is 4.66. The highest BCUT2D eigenvalue weighted by Crippen LogP contribution is 2.28. The topological polar surface area (TPSA) is 72.2 Å². The van der Waals surface area contributed by atoms with Crippen molar-refractivity contribution in [2.75, 3.05) is 6.54 Å². The molecule has 7 heteroatoms. The molecule has 110 valence electrons.